The molecule has 0 fully saturated rings. The molecule has 0 aliphatic carbocycles. The predicted molar refractivity (Wildman–Crippen MR) is 115 cm³/mol. The number of nitrogens with one attached hydrogen (secondary N) is 1. The van der Waals surface area contributed by atoms with E-state index in [1.807, 2.05) is 12.1 Å². The summed E-state index contributed by atoms with van der Waals surface area (Å²) in [6.45, 7) is 2.07. The molecule has 0 unspecified atom stereocenters. The second-order valence-electron chi connectivity index (χ2n) is 7.02. The van der Waals surface area contributed by atoms with Crippen molar-refractivity contribution in [1.29, 1.82) is 0 Å². The van der Waals surface area contributed by atoms with E-state index in [1.165, 1.54) is 27.1 Å². The highest BCUT2D eigenvalue weighted by Crippen LogP contribution is 2.41. The van der Waals surface area contributed by atoms with E-state index < -0.39 is 0 Å². The van der Waals surface area contributed by atoms with Crippen molar-refractivity contribution in [2.45, 2.75) is 6.92 Å². The standard InChI is InChI=1S/C25H17NO/c1-2-7-16-14-19-18-10-5-6-11-21(18)27-25(19)24-22(16)23-17-9-4-3-8-15(17)12-13-20(23)26-24/h2-14,26H,1H3/b7-2+. The smallest absolute Gasteiger partial charge is 0.159 e. The molecular weight excluding hydrogens is 330 g/mol. The number of H-pyrrole nitrogens is 1. The van der Waals surface area contributed by atoms with E-state index in [0.717, 1.165) is 33.0 Å². The fraction of sp³-hybridized carbons (Fsp3) is 0.0400. The van der Waals surface area contributed by atoms with Crippen molar-refractivity contribution in [1.82, 2.24) is 4.98 Å². The first-order valence-corrected chi connectivity index (χ1v) is 9.25. The Morgan fingerprint density at radius 3 is 2.52 bits per heavy atom. The maximum Gasteiger partial charge on any atom is 0.159 e. The van der Waals surface area contributed by atoms with Crippen LogP contribution in [0, 0.1) is 0 Å². The maximum absolute atomic E-state index is 6.29. The summed E-state index contributed by atoms with van der Waals surface area (Å²) >= 11 is 0. The number of furan rings is 1. The van der Waals surface area contributed by atoms with Crippen molar-refractivity contribution >= 4 is 60.6 Å². The van der Waals surface area contributed by atoms with E-state index in [4.69, 9.17) is 4.42 Å². The lowest BCUT2D eigenvalue weighted by Gasteiger charge is -2.03. The van der Waals surface area contributed by atoms with Crippen LogP contribution in [0.2, 0.25) is 0 Å². The number of aromatic amines is 1. The third-order valence-corrected chi connectivity index (χ3v) is 5.48. The first kappa shape index (κ1) is 14.6. The first-order valence-electron chi connectivity index (χ1n) is 9.25. The van der Waals surface area contributed by atoms with Crippen LogP contribution < -0.4 is 0 Å². The fourth-order valence-electron chi connectivity index (χ4n) is 4.36. The number of hydrogen-bond acceptors (Lipinski definition) is 1. The maximum atomic E-state index is 6.29. The predicted octanol–water partition coefficient (Wildman–Crippen LogP) is 7.41. The lowest BCUT2D eigenvalue weighted by Crippen LogP contribution is -1.79. The van der Waals surface area contributed by atoms with Crippen LogP contribution in [0.1, 0.15) is 12.5 Å². The molecule has 2 heteroatoms. The van der Waals surface area contributed by atoms with Gasteiger partial charge in [0.05, 0.1) is 5.52 Å². The molecule has 0 aliphatic rings. The molecule has 0 saturated carbocycles. The molecule has 6 aromatic rings. The van der Waals surface area contributed by atoms with E-state index in [2.05, 4.69) is 78.7 Å². The van der Waals surface area contributed by atoms with E-state index in [9.17, 15) is 0 Å². The minimum atomic E-state index is 0.926. The van der Waals surface area contributed by atoms with Crippen LogP contribution in [0.25, 0.3) is 60.6 Å². The van der Waals surface area contributed by atoms with Crippen LogP contribution in [-0.2, 0) is 0 Å². The fourth-order valence-corrected chi connectivity index (χ4v) is 4.36. The summed E-state index contributed by atoms with van der Waals surface area (Å²) in [5.41, 5.74) is 5.29. The van der Waals surface area contributed by atoms with Gasteiger partial charge < -0.3 is 9.40 Å². The van der Waals surface area contributed by atoms with Gasteiger partial charge in [-0.3, -0.25) is 0 Å². The number of benzene rings is 4. The molecule has 2 nitrogen and oxygen atoms in total. The number of hydrogen-bond donors (Lipinski definition) is 1. The molecule has 0 saturated heterocycles. The highest BCUT2D eigenvalue weighted by Gasteiger charge is 2.17. The molecule has 4 aromatic carbocycles. The minimum Gasteiger partial charge on any atom is -0.454 e. The van der Waals surface area contributed by atoms with E-state index in [-0.39, 0.29) is 0 Å². The summed E-state index contributed by atoms with van der Waals surface area (Å²) in [5, 5.41) is 7.32. The van der Waals surface area contributed by atoms with Crippen LogP contribution in [0.15, 0.2) is 77.2 Å². The van der Waals surface area contributed by atoms with Gasteiger partial charge in [-0.15, -0.1) is 0 Å². The Kier molecular flexibility index (Phi) is 2.84. The van der Waals surface area contributed by atoms with Gasteiger partial charge in [-0.25, -0.2) is 0 Å². The van der Waals surface area contributed by atoms with Crippen LogP contribution in [0.5, 0.6) is 0 Å². The average molecular weight is 347 g/mol. The largest absolute Gasteiger partial charge is 0.454 e. The Morgan fingerprint density at radius 1 is 0.815 bits per heavy atom. The Hall–Kier alpha value is -3.52. The highest BCUT2D eigenvalue weighted by molar-refractivity contribution is 6.28. The summed E-state index contributed by atoms with van der Waals surface area (Å²) in [7, 11) is 0. The topological polar surface area (TPSA) is 28.9 Å². The van der Waals surface area contributed by atoms with E-state index >= 15 is 0 Å². The quantitative estimate of drug-likeness (QED) is 0.330. The summed E-state index contributed by atoms with van der Waals surface area (Å²) in [6.07, 6.45) is 4.30. The minimum absolute atomic E-state index is 0.926. The molecule has 1 N–H and O–H groups in total. The first-order chi connectivity index (χ1) is 13.3. The molecule has 0 spiro atoms. The molecule has 0 aliphatic heterocycles. The second kappa shape index (κ2) is 5.24. The van der Waals surface area contributed by atoms with Crippen molar-refractivity contribution in [3.63, 3.8) is 0 Å². The van der Waals surface area contributed by atoms with Gasteiger partial charge in [0.2, 0.25) is 0 Å². The Labute approximate surface area is 155 Å². The zero-order valence-corrected chi connectivity index (χ0v) is 14.9. The number of para-hydroxylation sites is 1. The molecular formula is C25H17NO. The van der Waals surface area contributed by atoms with Crippen molar-refractivity contribution < 1.29 is 4.42 Å². The number of aromatic nitrogens is 1. The zero-order chi connectivity index (χ0) is 18.0. The van der Waals surface area contributed by atoms with Crippen molar-refractivity contribution in [2.75, 3.05) is 0 Å². The normalized spacial score (nSPS) is 12.5. The Morgan fingerprint density at radius 2 is 1.63 bits per heavy atom. The van der Waals surface area contributed by atoms with Gasteiger partial charge in [0, 0.05) is 27.1 Å². The van der Waals surface area contributed by atoms with Gasteiger partial charge in [-0.05, 0) is 41.5 Å². The third-order valence-electron chi connectivity index (χ3n) is 5.48. The molecule has 0 bridgehead atoms. The van der Waals surface area contributed by atoms with E-state index in [0.29, 0.717) is 0 Å². The van der Waals surface area contributed by atoms with Gasteiger partial charge in [-0.2, -0.15) is 0 Å². The molecule has 0 radical (unpaired) electrons. The lowest BCUT2D eigenvalue weighted by atomic mass is 9.98. The second-order valence-corrected chi connectivity index (χ2v) is 7.02. The van der Waals surface area contributed by atoms with Crippen molar-refractivity contribution in [3.8, 4) is 0 Å². The molecule has 0 atom stereocenters. The summed E-state index contributed by atoms with van der Waals surface area (Å²) in [4.78, 5) is 3.65. The van der Waals surface area contributed by atoms with Crippen LogP contribution in [0.4, 0.5) is 0 Å². The van der Waals surface area contributed by atoms with Gasteiger partial charge in [0.1, 0.15) is 5.58 Å². The van der Waals surface area contributed by atoms with Crippen LogP contribution in [-0.4, -0.2) is 4.98 Å². The van der Waals surface area contributed by atoms with Crippen LogP contribution in [0.3, 0.4) is 0 Å². The van der Waals surface area contributed by atoms with Crippen LogP contribution >= 0.6 is 0 Å². The summed E-state index contributed by atoms with van der Waals surface area (Å²) < 4.78 is 6.29. The van der Waals surface area contributed by atoms with Gasteiger partial charge >= 0.3 is 0 Å². The molecule has 2 heterocycles. The van der Waals surface area contributed by atoms with Gasteiger partial charge in [0.15, 0.2) is 5.58 Å². The van der Waals surface area contributed by atoms with Crippen molar-refractivity contribution in [2.24, 2.45) is 0 Å². The third kappa shape index (κ3) is 1.90. The summed E-state index contributed by atoms with van der Waals surface area (Å²) in [6, 6.07) is 23.4. The summed E-state index contributed by atoms with van der Waals surface area (Å²) in [5.74, 6) is 0. The highest BCUT2D eigenvalue weighted by atomic mass is 16.3. The molecule has 6 rings (SSSR count). The van der Waals surface area contributed by atoms with Gasteiger partial charge in [-0.1, -0.05) is 60.7 Å². The SMILES string of the molecule is C/C=C/c1cc2c3ccccc3oc2c2[nH]c3ccc4ccccc4c3c12. The van der Waals surface area contributed by atoms with Crippen molar-refractivity contribution in [3.05, 3.63) is 78.4 Å². The van der Waals surface area contributed by atoms with Gasteiger partial charge in [0.25, 0.3) is 0 Å². The molecule has 27 heavy (non-hydrogen) atoms. The number of rotatable bonds is 1. The Bertz CT molecular complexity index is 1530. The number of fused-ring (bicyclic) bond motifs is 9. The molecule has 128 valence electrons. The van der Waals surface area contributed by atoms with E-state index in [1.54, 1.807) is 0 Å². The monoisotopic (exact) mass is 347 g/mol. The average Bonchev–Trinajstić information content (AvgIpc) is 3.27. The lowest BCUT2D eigenvalue weighted by molar-refractivity contribution is 0.672. The number of allylic oxidation sites excluding steroid dienone is 1. The molecule has 2 aromatic heterocycles. The zero-order valence-electron chi connectivity index (χ0n) is 14.9. The molecule has 0 amide bonds. The Balaban J connectivity index is 1.94.